The van der Waals surface area contributed by atoms with Crippen LogP contribution in [0.2, 0.25) is 0 Å². The lowest BCUT2D eigenvalue weighted by Crippen LogP contribution is -2.38. The number of anilines is 2. The van der Waals surface area contributed by atoms with Crippen molar-refractivity contribution < 1.29 is 4.79 Å². The van der Waals surface area contributed by atoms with E-state index >= 15 is 0 Å². The summed E-state index contributed by atoms with van der Waals surface area (Å²) < 4.78 is 1.77. The van der Waals surface area contributed by atoms with Crippen molar-refractivity contribution in [2.45, 2.75) is 44.2 Å². The number of aromatic amines is 2. The fraction of sp³-hybridized carbons (Fsp3) is 0.375. The highest BCUT2D eigenvalue weighted by Crippen LogP contribution is 2.35. The molecule has 1 aliphatic heterocycles. The third-order valence-corrected chi connectivity index (χ3v) is 8.07. The van der Waals surface area contributed by atoms with Crippen LogP contribution in [-0.4, -0.2) is 43.5 Å². The van der Waals surface area contributed by atoms with Gasteiger partial charge in [0.2, 0.25) is 5.56 Å². The number of nitrogens with zero attached hydrogens (tertiary/aromatic N) is 4. The largest absolute Gasteiger partial charge is 0.375 e. The Bertz CT molecular complexity index is 1560. The molecule has 1 saturated heterocycles. The molecular weight excluding hydrogens is 480 g/mol. The topological polar surface area (TPSA) is 155 Å². The molecule has 2 aliphatic rings. The molecule has 4 aromatic heterocycles. The van der Waals surface area contributed by atoms with Crippen molar-refractivity contribution in [1.29, 1.82) is 0 Å². The third kappa shape index (κ3) is 4.06. The van der Waals surface area contributed by atoms with Crippen molar-refractivity contribution in [3.8, 4) is 0 Å². The van der Waals surface area contributed by atoms with Gasteiger partial charge in [-0.3, -0.25) is 19.1 Å². The van der Waals surface area contributed by atoms with Crippen LogP contribution in [0.3, 0.4) is 0 Å². The van der Waals surface area contributed by atoms with Crippen LogP contribution >= 0.6 is 11.3 Å². The van der Waals surface area contributed by atoms with Gasteiger partial charge in [0.15, 0.2) is 10.8 Å². The highest BCUT2D eigenvalue weighted by molar-refractivity contribution is 7.15. The third-order valence-electron chi connectivity index (χ3n) is 7.02. The lowest BCUT2D eigenvalue weighted by atomic mass is 9.98. The molecule has 1 fully saturated rings. The predicted molar refractivity (Wildman–Crippen MR) is 138 cm³/mol. The number of nitrogens with one attached hydrogen (secondary N) is 3. The van der Waals surface area contributed by atoms with Crippen LogP contribution in [0.25, 0.3) is 11.2 Å². The van der Waals surface area contributed by atoms with E-state index in [4.69, 9.17) is 5.73 Å². The van der Waals surface area contributed by atoms with E-state index in [1.165, 1.54) is 17.4 Å². The van der Waals surface area contributed by atoms with Gasteiger partial charge in [-0.15, -0.1) is 0 Å². The number of hydrogen-bond donors (Lipinski definition) is 4. The first-order chi connectivity index (χ1) is 17.5. The molecule has 6 rings (SSSR count). The molecule has 11 nitrogen and oxygen atoms in total. The van der Waals surface area contributed by atoms with Crippen molar-refractivity contribution in [2.75, 3.05) is 23.7 Å². The van der Waals surface area contributed by atoms with Gasteiger partial charge in [-0.1, -0.05) is 11.3 Å². The first kappa shape index (κ1) is 22.5. The van der Waals surface area contributed by atoms with E-state index in [1.54, 1.807) is 16.8 Å². The van der Waals surface area contributed by atoms with Crippen LogP contribution in [0.1, 0.15) is 58.7 Å². The summed E-state index contributed by atoms with van der Waals surface area (Å²) in [6, 6.07) is 6.64. The van der Waals surface area contributed by atoms with E-state index in [1.807, 2.05) is 12.1 Å². The number of nitrogen functional groups attached to an aromatic ring is 1. The summed E-state index contributed by atoms with van der Waals surface area (Å²) in [6.07, 6.45) is 5.70. The predicted octanol–water partition coefficient (Wildman–Crippen LogP) is 2.10. The quantitative estimate of drug-likeness (QED) is 0.330. The van der Waals surface area contributed by atoms with Crippen molar-refractivity contribution in [1.82, 2.24) is 29.8 Å². The molecule has 1 amide bonds. The minimum Gasteiger partial charge on any atom is -0.375 e. The van der Waals surface area contributed by atoms with Crippen molar-refractivity contribution >= 4 is 39.4 Å². The standard InChI is InChI=1S/C24H26N8O3S/c25-23-28-16-4-1-3-15(20(16)36-23)27-22(34)13-11-18(29-19(33)12-13)31-9-6-14(7-10-31)32-17-5-2-8-26-21(17)30-24(32)35/h2,5,8,11-12,14-15H,1,3-4,6-7,9-10H2,(H2,25,28)(H,27,34)(H,29,33)(H,26,30,35). The van der Waals surface area contributed by atoms with E-state index in [9.17, 15) is 14.4 Å². The molecule has 4 aromatic rings. The van der Waals surface area contributed by atoms with Gasteiger partial charge in [-0.05, 0) is 50.3 Å². The Morgan fingerprint density at radius 1 is 1.17 bits per heavy atom. The summed E-state index contributed by atoms with van der Waals surface area (Å²) in [5.74, 6) is 0.310. The first-order valence-electron chi connectivity index (χ1n) is 12.1. The van der Waals surface area contributed by atoms with Gasteiger partial charge < -0.3 is 20.9 Å². The molecule has 1 unspecified atom stereocenters. The minimum atomic E-state index is -0.329. The van der Waals surface area contributed by atoms with Gasteiger partial charge >= 0.3 is 5.69 Å². The monoisotopic (exact) mass is 506 g/mol. The molecule has 12 heteroatoms. The number of H-pyrrole nitrogens is 2. The molecule has 0 aromatic carbocycles. The number of carbonyl (C=O) groups is 1. The Morgan fingerprint density at radius 2 is 2.00 bits per heavy atom. The summed E-state index contributed by atoms with van der Waals surface area (Å²) >= 11 is 1.41. The highest BCUT2D eigenvalue weighted by atomic mass is 32.1. The number of rotatable bonds is 4. The second kappa shape index (κ2) is 8.94. The number of piperidine rings is 1. The second-order valence-corrected chi connectivity index (χ2v) is 10.4. The molecular formula is C24H26N8O3S. The summed E-state index contributed by atoms with van der Waals surface area (Å²) in [5.41, 5.74) is 8.04. The number of nitrogens with two attached hydrogens (primary N) is 1. The Labute approximate surface area is 209 Å². The number of aryl methyl sites for hydroxylation is 1. The van der Waals surface area contributed by atoms with Crippen LogP contribution in [0.5, 0.6) is 0 Å². The van der Waals surface area contributed by atoms with E-state index in [-0.39, 0.29) is 29.2 Å². The number of aromatic nitrogens is 5. The molecule has 36 heavy (non-hydrogen) atoms. The van der Waals surface area contributed by atoms with Crippen molar-refractivity contribution in [3.63, 3.8) is 0 Å². The van der Waals surface area contributed by atoms with Crippen LogP contribution in [-0.2, 0) is 6.42 Å². The van der Waals surface area contributed by atoms with Crippen molar-refractivity contribution in [3.05, 3.63) is 67.4 Å². The van der Waals surface area contributed by atoms with Gasteiger partial charge in [0, 0.05) is 37.0 Å². The Balaban J connectivity index is 1.18. The van der Waals surface area contributed by atoms with E-state index in [0.29, 0.717) is 35.2 Å². The molecule has 0 spiro atoms. The van der Waals surface area contributed by atoms with E-state index < -0.39 is 0 Å². The van der Waals surface area contributed by atoms with Gasteiger partial charge in [0.1, 0.15) is 5.82 Å². The van der Waals surface area contributed by atoms with Crippen molar-refractivity contribution in [2.24, 2.45) is 0 Å². The average Bonchev–Trinajstić information content (AvgIpc) is 3.42. The smallest absolute Gasteiger partial charge is 0.327 e. The number of thiazole rings is 1. The van der Waals surface area contributed by atoms with Gasteiger partial charge in [0.25, 0.3) is 5.91 Å². The fourth-order valence-corrected chi connectivity index (χ4v) is 6.30. The molecule has 0 radical (unpaired) electrons. The maximum absolute atomic E-state index is 13.1. The number of hydrogen-bond acceptors (Lipinski definition) is 8. The van der Waals surface area contributed by atoms with Crippen LogP contribution in [0.15, 0.2) is 40.1 Å². The molecule has 1 aliphatic carbocycles. The zero-order chi connectivity index (χ0) is 24.8. The Kier molecular flexibility index (Phi) is 5.59. The lowest BCUT2D eigenvalue weighted by molar-refractivity contribution is 0.0933. The second-order valence-electron chi connectivity index (χ2n) is 9.29. The van der Waals surface area contributed by atoms with E-state index in [2.05, 4.69) is 30.2 Å². The number of imidazole rings is 1. The summed E-state index contributed by atoms with van der Waals surface area (Å²) in [6.45, 7) is 1.27. The Hall–Kier alpha value is -3.93. The number of carbonyl (C=O) groups excluding carboxylic acids is 1. The number of amides is 1. The fourth-order valence-electron chi connectivity index (χ4n) is 5.33. The molecule has 5 heterocycles. The minimum absolute atomic E-state index is 0.0252. The van der Waals surface area contributed by atoms with Crippen LogP contribution in [0.4, 0.5) is 10.9 Å². The van der Waals surface area contributed by atoms with Crippen LogP contribution in [0, 0.1) is 0 Å². The number of pyridine rings is 2. The SMILES string of the molecule is Nc1nc2c(s1)C(NC(=O)c1cc(N3CCC(n4c(=O)[nH]c5ncccc54)CC3)[nH]c(=O)c1)CCC2. The van der Waals surface area contributed by atoms with Crippen LogP contribution < -0.4 is 27.2 Å². The maximum Gasteiger partial charge on any atom is 0.327 e. The first-order valence-corrected chi connectivity index (χ1v) is 12.9. The molecule has 186 valence electrons. The maximum atomic E-state index is 13.1. The summed E-state index contributed by atoms with van der Waals surface area (Å²) in [4.78, 5) is 55.5. The molecule has 0 bridgehead atoms. The Morgan fingerprint density at radius 3 is 2.83 bits per heavy atom. The van der Waals surface area contributed by atoms with E-state index in [0.717, 1.165) is 48.2 Å². The number of fused-ring (bicyclic) bond motifs is 2. The summed E-state index contributed by atoms with van der Waals surface area (Å²) in [7, 11) is 0. The molecule has 0 saturated carbocycles. The van der Waals surface area contributed by atoms with Gasteiger partial charge in [-0.2, -0.15) is 0 Å². The highest BCUT2D eigenvalue weighted by Gasteiger charge is 2.27. The van der Waals surface area contributed by atoms with Gasteiger partial charge in [0.05, 0.1) is 22.1 Å². The summed E-state index contributed by atoms with van der Waals surface area (Å²) in [5, 5.41) is 3.58. The molecule has 1 atom stereocenters. The lowest BCUT2D eigenvalue weighted by Gasteiger charge is -2.33. The van der Waals surface area contributed by atoms with Gasteiger partial charge in [-0.25, -0.2) is 14.8 Å². The average molecular weight is 507 g/mol. The zero-order valence-electron chi connectivity index (χ0n) is 19.5. The normalized spacial score (nSPS) is 18.3. The zero-order valence-corrected chi connectivity index (χ0v) is 20.3. The molecule has 5 N–H and O–H groups in total.